The highest BCUT2D eigenvalue weighted by atomic mass is 16.5. The molecule has 1 aliphatic carbocycles. The lowest BCUT2D eigenvalue weighted by atomic mass is 9.76. The molecular formula is C28H30N2O6. The van der Waals surface area contributed by atoms with E-state index in [1.54, 1.807) is 53.4 Å². The summed E-state index contributed by atoms with van der Waals surface area (Å²) in [6, 6.07) is 13.6. The lowest BCUT2D eigenvalue weighted by Gasteiger charge is -2.25. The van der Waals surface area contributed by atoms with Crippen molar-refractivity contribution in [3.05, 3.63) is 48.5 Å². The van der Waals surface area contributed by atoms with Gasteiger partial charge in [-0.2, -0.15) is 0 Å². The van der Waals surface area contributed by atoms with Crippen molar-refractivity contribution >= 4 is 35.1 Å². The molecule has 188 valence electrons. The number of fused-ring (bicyclic) bond motifs is 1. The number of carbonyl (C=O) groups excluding carboxylic acids is 4. The van der Waals surface area contributed by atoms with E-state index in [4.69, 9.17) is 9.47 Å². The zero-order valence-corrected chi connectivity index (χ0v) is 20.5. The molecule has 2 aromatic carbocycles. The summed E-state index contributed by atoms with van der Waals surface area (Å²) in [4.78, 5) is 54.0. The van der Waals surface area contributed by atoms with Gasteiger partial charge in [0.25, 0.3) is 0 Å². The first-order chi connectivity index (χ1) is 17.4. The summed E-state index contributed by atoms with van der Waals surface area (Å²) in [6.07, 6.45) is 2.52. The van der Waals surface area contributed by atoms with Crippen molar-refractivity contribution in [2.75, 3.05) is 23.0 Å². The Morgan fingerprint density at radius 3 is 2.22 bits per heavy atom. The van der Waals surface area contributed by atoms with Crippen molar-refractivity contribution < 1.29 is 28.7 Å². The van der Waals surface area contributed by atoms with Crippen LogP contribution in [0.3, 0.4) is 0 Å². The Morgan fingerprint density at radius 2 is 1.53 bits per heavy atom. The predicted octanol–water partition coefficient (Wildman–Crippen LogP) is 3.97. The molecule has 3 fully saturated rings. The van der Waals surface area contributed by atoms with Crippen molar-refractivity contribution in [3.63, 3.8) is 0 Å². The number of rotatable bonds is 6. The molecule has 1 saturated carbocycles. The molecule has 2 aliphatic heterocycles. The van der Waals surface area contributed by atoms with Gasteiger partial charge in [-0.05, 0) is 80.6 Å². The standard InChI is InChI=1S/C28H30N2O6/c1-3-35-21-9-5-19(6-10-21)29-16-18(15-25(29)31)28(34)36-22-11-7-20(8-12-22)30-26(32)23-13-4-17(2)14-24(23)27(30)33/h5-12,17-18,23-24H,3-4,13-16H2,1-2H3/t17-,18-,23-,24+/m1/s1. The molecule has 3 aliphatic rings. The normalized spacial score (nSPS) is 25.8. The van der Waals surface area contributed by atoms with E-state index in [9.17, 15) is 19.2 Å². The van der Waals surface area contributed by atoms with Crippen molar-refractivity contribution in [2.45, 2.75) is 39.5 Å². The number of carbonyl (C=O) groups is 4. The maximum absolute atomic E-state index is 12.9. The molecule has 0 aromatic heterocycles. The van der Waals surface area contributed by atoms with Crippen LogP contribution in [0.2, 0.25) is 0 Å². The maximum atomic E-state index is 12.9. The average molecular weight is 491 g/mol. The summed E-state index contributed by atoms with van der Waals surface area (Å²) in [5.74, 6) is -0.495. The number of esters is 1. The van der Waals surface area contributed by atoms with Crippen LogP contribution in [0.4, 0.5) is 11.4 Å². The number of hydrogen-bond acceptors (Lipinski definition) is 6. The zero-order valence-electron chi connectivity index (χ0n) is 20.5. The van der Waals surface area contributed by atoms with E-state index in [2.05, 4.69) is 6.92 Å². The summed E-state index contributed by atoms with van der Waals surface area (Å²) >= 11 is 0. The van der Waals surface area contributed by atoms with Gasteiger partial charge in [0.2, 0.25) is 17.7 Å². The molecule has 8 nitrogen and oxygen atoms in total. The summed E-state index contributed by atoms with van der Waals surface area (Å²) < 4.78 is 11.0. The maximum Gasteiger partial charge on any atom is 0.316 e. The number of anilines is 2. The Balaban J connectivity index is 1.21. The molecule has 0 N–H and O–H groups in total. The van der Waals surface area contributed by atoms with Gasteiger partial charge in [-0.15, -0.1) is 0 Å². The molecule has 0 radical (unpaired) electrons. The van der Waals surface area contributed by atoms with Gasteiger partial charge in [-0.3, -0.25) is 24.1 Å². The third-order valence-corrected chi connectivity index (χ3v) is 7.42. The van der Waals surface area contributed by atoms with Crippen LogP contribution in [0.25, 0.3) is 0 Å². The Labute approximate surface area is 210 Å². The van der Waals surface area contributed by atoms with Crippen LogP contribution in [-0.4, -0.2) is 36.8 Å². The van der Waals surface area contributed by atoms with Gasteiger partial charge in [-0.1, -0.05) is 6.92 Å². The number of benzene rings is 2. The van der Waals surface area contributed by atoms with E-state index >= 15 is 0 Å². The first kappa shape index (κ1) is 24.0. The molecule has 2 saturated heterocycles. The molecular weight excluding hydrogens is 460 g/mol. The van der Waals surface area contributed by atoms with Crippen molar-refractivity contribution in [2.24, 2.45) is 23.7 Å². The number of amides is 3. The highest BCUT2D eigenvalue weighted by Gasteiger charge is 2.50. The van der Waals surface area contributed by atoms with Gasteiger partial charge in [0, 0.05) is 18.7 Å². The summed E-state index contributed by atoms with van der Waals surface area (Å²) in [5.41, 5.74) is 1.20. The van der Waals surface area contributed by atoms with Gasteiger partial charge in [-0.25, -0.2) is 0 Å². The van der Waals surface area contributed by atoms with Crippen LogP contribution in [0.1, 0.15) is 39.5 Å². The average Bonchev–Trinajstić information content (AvgIpc) is 3.37. The first-order valence-corrected chi connectivity index (χ1v) is 12.6. The second-order valence-corrected chi connectivity index (χ2v) is 9.89. The van der Waals surface area contributed by atoms with E-state index in [1.807, 2.05) is 6.92 Å². The smallest absolute Gasteiger partial charge is 0.316 e. The van der Waals surface area contributed by atoms with E-state index < -0.39 is 11.9 Å². The Hall–Kier alpha value is -3.68. The molecule has 2 aromatic rings. The van der Waals surface area contributed by atoms with E-state index in [-0.39, 0.29) is 42.5 Å². The van der Waals surface area contributed by atoms with Crippen LogP contribution in [0.5, 0.6) is 11.5 Å². The number of imide groups is 1. The van der Waals surface area contributed by atoms with Crippen LogP contribution < -0.4 is 19.3 Å². The number of nitrogens with zero attached hydrogens (tertiary/aromatic N) is 2. The van der Waals surface area contributed by atoms with E-state index in [1.165, 1.54) is 4.90 Å². The summed E-state index contributed by atoms with van der Waals surface area (Å²) in [7, 11) is 0. The highest BCUT2D eigenvalue weighted by molar-refractivity contribution is 6.22. The molecule has 0 spiro atoms. The third-order valence-electron chi connectivity index (χ3n) is 7.42. The van der Waals surface area contributed by atoms with E-state index in [0.29, 0.717) is 29.6 Å². The number of hydrogen-bond donors (Lipinski definition) is 0. The molecule has 36 heavy (non-hydrogen) atoms. The topological polar surface area (TPSA) is 93.2 Å². The van der Waals surface area contributed by atoms with Crippen LogP contribution >= 0.6 is 0 Å². The Morgan fingerprint density at radius 1 is 0.889 bits per heavy atom. The van der Waals surface area contributed by atoms with Gasteiger partial charge in [0.15, 0.2) is 0 Å². The van der Waals surface area contributed by atoms with Gasteiger partial charge < -0.3 is 14.4 Å². The molecule has 2 heterocycles. The summed E-state index contributed by atoms with van der Waals surface area (Å²) in [6.45, 7) is 4.82. The first-order valence-electron chi connectivity index (χ1n) is 12.6. The van der Waals surface area contributed by atoms with Crippen LogP contribution in [0.15, 0.2) is 48.5 Å². The van der Waals surface area contributed by atoms with Crippen molar-refractivity contribution in [1.82, 2.24) is 0 Å². The third kappa shape index (κ3) is 4.47. The fraction of sp³-hybridized carbons (Fsp3) is 0.429. The molecule has 4 atom stereocenters. The molecule has 8 heteroatoms. The van der Waals surface area contributed by atoms with Crippen molar-refractivity contribution in [1.29, 1.82) is 0 Å². The Kier molecular flexibility index (Phi) is 6.51. The fourth-order valence-electron chi connectivity index (χ4n) is 5.51. The Bertz CT molecular complexity index is 1180. The largest absolute Gasteiger partial charge is 0.494 e. The van der Waals surface area contributed by atoms with Crippen LogP contribution in [-0.2, 0) is 19.2 Å². The van der Waals surface area contributed by atoms with Gasteiger partial charge in [0.05, 0.1) is 30.0 Å². The van der Waals surface area contributed by atoms with Gasteiger partial charge in [0.1, 0.15) is 11.5 Å². The molecule has 3 amide bonds. The number of ether oxygens (including phenoxy) is 2. The minimum absolute atomic E-state index is 0.0715. The zero-order chi connectivity index (χ0) is 25.4. The monoisotopic (exact) mass is 490 g/mol. The van der Waals surface area contributed by atoms with Gasteiger partial charge >= 0.3 is 5.97 Å². The van der Waals surface area contributed by atoms with Crippen LogP contribution in [0, 0.1) is 23.7 Å². The molecule has 0 bridgehead atoms. The lowest BCUT2D eigenvalue weighted by Crippen LogP contribution is -2.30. The molecule has 5 rings (SSSR count). The second kappa shape index (κ2) is 9.76. The summed E-state index contributed by atoms with van der Waals surface area (Å²) in [5, 5.41) is 0. The quantitative estimate of drug-likeness (QED) is 0.346. The minimum Gasteiger partial charge on any atom is -0.494 e. The highest BCUT2D eigenvalue weighted by Crippen LogP contribution is 2.42. The minimum atomic E-state index is -0.587. The van der Waals surface area contributed by atoms with Crippen molar-refractivity contribution in [3.8, 4) is 11.5 Å². The second-order valence-electron chi connectivity index (χ2n) is 9.89. The SMILES string of the molecule is CCOc1ccc(N2C[C@H](C(=O)Oc3ccc(N4C(=O)[C@H]5C[C@H](C)CC[C@H]5C4=O)cc3)CC2=O)cc1. The van der Waals surface area contributed by atoms with E-state index in [0.717, 1.165) is 25.0 Å². The predicted molar refractivity (Wildman–Crippen MR) is 133 cm³/mol. The molecule has 0 unspecified atom stereocenters. The lowest BCUT2D eigenvalue weighted by molar-refractivity contribution is -0.139. The fourth-order valence-corrected chi connectivity index (χ4v) is 5.51.